The predicted molar refractivity (Wildman–Crippen MR) is 129 cm³/mol. The van der Waals surface area contributed by atoms with Crippen LogP contribution in [0.3, 0.4) is 0 Å². The van der Waals surface area contributed by atoms with E-state index < -0.39 is 5.60 Å². The summed E-state index contributed by atoms with van der Waals surface area (Å²) in [6, 6.07) is 10.4. The zero-order chi connectivity index (χ0) is 23.3. The number of amides is 1. The van der Waals surface area contributed by atoms with E-state index in [0.29, 0.717) is 11.6 Å². The number of likely N-dealkylation sites (tertiary alicyclic amines) is 1. The van der Waals surface area contributed by atoms with Gasteiger partial charge in [0.2, 0.25) is 0 Å². The van der Waals surface area contributed by atoms with Gasteiger partial charge < -0.3 is 14.5 Å². The zero-order valence-corrected chi connectivity index (χ0v) is 20.7. The molecule has 0 unspecified atom stereocenters. The van der Waals surface area contributed by atoms with E-state index in [2.05, 4.69) is 22.0 Å². The SMILES string of the molecule is CC(=O)c1nc(N(CCC2CCN(C(=O)OC(C)(C)C)CC2)Cc2ccccc2)sc1C. The summed E-state index contributed by atoms with van der Waals surface area (Å²) in [6.45, 7) is 12.4. The number of Topliss-reactive ketones (excluding diaryl/α,β-unsaturated/α-hetero) is 1. The van der Waals surface area contributed by atoms with Crippen molar-refractivity contribution < 1.29 is 14.3 Å². The molecular weight excluding hydrogens is 422 g/mol. The van der Waals surface area contributed by atoms with E-state index in [4.69, 9.17) is 4.74 Å². The van der Waals surface area contributed by atoms with Crippen molar-refractivity contribution in [1.29, 1.82) is 0 Å². The normalized spacial score (nSPS) is 15.0. The van der Waals surface area contributed by atoms with E-state index in [1.807, 2.05) is 50.8 Å². The van der Waals surface area contributed by atoms with Gasteiger partial charge in [0.1, 0.15) is 11.3 Å². The molecule has 0 aliphatic carbocycles. The molecule has 1 fully saturated rings. The van der Waals surface area contributed by atoms with Crippen molar-refractivity contribution in [3.8, 4) is 0 Å². The number of nitrogens with zero attached hydrogens (tertiary/aromatic N) is 3. The van der Waals surface area contributed by atoms with Crippen molar-refractivity contribution in [2.75, 3.05) is 24.5 Å². The quantitative estimate of drug-likeness (QED) is 0.499. The molecule has 1 aliphatic rings. The number of piperidine rings is 1. The van der Waals surface area contributed by atoms with Crippen LogP contribution in [0.4, 0.5) is 9.93 Å². The maximum atomic E-state index is 12.3. The summed E-state index contributed by atoms with van der Waals surface area (Å²) in [5.41, 5.74) is 1.34. The number of carbonyl (C=O) groups excluding carboxylic acids is 2. The second kappa shape index (κ2) is 10.5. The van der Waals surface area contributed by atoms with Crippen LogP contribution in [-0.4, -0.2) is 47.0 Å². The lowest BCUT2D eigenvalue weighted by molar-refractivity contribution is 0.0182. The zero-order valence-electron chi connectivity index (χ0n) is 19.9. The smallest absolute Gasteiger partial charge is 0.410 e. The van der Waals surface area contributed by atoms with Crippen LogP contribution in [0.25, 0.3) is 0 Å². The van der Waals surface area contributed by atoms with Gasteiger partial charge in [-0.3, -0.25) is 4.79 Å². The maximum Gasteiger partial charge on any atom is 0.410 e. The second-order valence-electron chi connectivity index (χ2n) is 9.56. The Kier molecular flexibility index (Phi) is 7.93. The average Bonchev–Trinajstić information content (AvgIpc) is 3.13. The van der Waals surface area contributed by atoms with Gasteiger partial charge in [-0.2, -0.15) is 0 Å². The van der Waals surface area contributed by atoms with Crippen LogP contribution in [0, 0.1) is 12.8 Å². The third-order valence-electron chi connectivity index (χ3n) is 5.68. The summed E-state index contributed by atoms with van der Waals surface area (Å²) < 4.78 is 5.51. The highest BCUT2D eigenvalue weighted by Gasteiger charge is 2.27. The molecule has 2 aromatic rings. The van der Waals surface area contributed by atoms with E-state index in [1.165, 1.54) is 5.56 Å². The number of ether oxygens (including phenoxy) is 1. The third kappa shape index (κ3) is 6.79. The Morgan fingerprint density at radius 3 is 2.41 bits per heavy atom. The summed E-state index contributed by atoms with van der Waals surface area (Å²) >= 11 is 1.59. The van der Waals surface area contributed by atoms with Crippen molar-refractivity contribution >= 4 is 28.3 Å². The van der Waals surface area contributed by atoms with Crippen molar-refractivity contribution in [3.05, 3.63) is 46.5 Å². The molecule has 2 heterocycles. The lowest BCUT2D eigenvalue weighted by Crippen LogP contribution is -2.42. The molecule has 1 saturated heterocycles. The van der Waals surface area contributed by atoms with Gasteiger partial charge in [-0.1, -0.05) is 30.3 Å². The van der Waals surface area contributed by atoms with Crippen LogP contribution in [0.15, 0.2) is 30.3 Å². The van der Waals surface area contributed by atoms with Crippen molar-refractivity contribution in [3.63, 3.8) is 0 Å². The largest absolute Gasteiger partial charge is 0.444 e. The Morgan fingerprint density at radius 1 is 1.19 bits per heavy atom. The van der Waals surface area contributed by atoms with Crippen molar-refractivity contribution in [2.45, 2.75) is 66.0 Å². The lowest BCUT2D eigenvalue weighted by Gasteiger charge is -2.34. The number of aryl methyl sites for hydroxylation is 1. The van der Waals surface area contributed by atoms with E-state index >= 15 is 0 Å². The first kappa shape index (κ1) is 24.2. The third-order valence-corrected chi connectivity index (χ3v) is 6.71. The molecule has 0 bridgehead atoms. The predicted octanol–water partition coefficient (Wildman–Crippen LogP) is 5.70. The highest BCUT2D eigenvalue weighted by molar-refractivity contribution is 7.15. The standard InChI is InChI=1S/C25H35N3O3S/c1-18(29)22-19(2)32-23(26-22)28(17-21-9-7-6-8-10-21)16-13-20-11-14-27(15-12-20)24(30)31-25(3,4)5/h6-10,20H,11-17H2,1-5H3. The molecule has 1 amide bonds. The Labute approximate surface area is 195 Å². The van der Waals surface area contributed by atoms with Gasteiger partial charge in [0.25, 0.3) is 0 Å². The Balaban J connectivity index is 1.62. The van der Waals surface area contributed by atoms with Crippen LogP contribution >= 0.6 is 11.3 Å². The summed E-state index contributed by atoms with van der Waals surface area (Å²) in [5.74, 6) is 0.569. The molecule has 0 spiro atoms. The van der Waals surface area contributed by atoms with Gasteiger partial charge in [0, 0.05) is 38.0 Å². The van der Waals surface area contributed by atoms with E-state index in [9.17, 15) is 9.59 Å². The molecule has 1 aromatic heterocycles. The summed E-state index contributed by atoms with van der Waals surface area (Å²) in [7, 11) is 0. The van der Waals surface area contributed by atoms with E-state index in [-0.39, 0.29) is 11.9 Å². The summed E-state index contributed by atoms with van der Waals surface area (Å²) in [5, 5.41) is 0.905. The van der Waals surface area contributed by atoms with E-state index in [0.717, 1.165) is 55.5 Å². The number of anilines is 1. The minimum Gasteiger partial charge on any atom is -0.444 e. The van der Waals surface area contributed by atoms with Crippen LogP contribution in [-0.2, 0) is 11.3 Å². The Bertz CT molecular complexity index is 912. The number of ketones is 1. The molecule has 0 atom stereocenters. The molecule has 1 aromatic carbocycles. The fourth-order valence-electron chi connectivity index (χ4n) is 3.96. The highest BCUT2D eigenvalue weighted by atomic mass is 32.1. The fourth-order valence-corrected chi connectivity index (χ4v) is 4.94. The van der Waals surface area contributed by atoms with Crippen LogP contribution in [0.1, 0.15) is 67.9 Å². The molecule has 0 radical (unpaired) electrons. The molecule has 174 valence electrons. The van der Waals surface area contributed by atoms with Crippen LogP contribution in [0.5, 0.6) is 0 Å². The molecule has 32 heavy (non-hydrogen) atoms. The van der Waals surface area contributed by atoms with Gasteiger partial charge in [-0.25, -0.2) is 9.78 Å². The fraction of sp³-hybridized carbons (Fsp3) is 0.560. The first-order valence-corrected chi connectivity index (χ1v) is 12.2. The molecule has 0 N–H and O–H groups in total. The van der Waals surface area contributed by atoms with Crippen molar-refractivity contribution in [2.24, 2.45) is 5.92 Å². The molecule has 7 heteroatoms. The number of benzene rings is 1. The number of rotatable bonds is 7. The number of aromatic nitrogens is 1. The van der Waals surface area contributed by atoms with Gasteiger partial charge in [0.15, 0.2) is 10.9 Å². The first-order chi connectivity index (χ1) is 15.1. The van der Waals surface area contributed by atoms with Crippen molar-refractivity contribution in [1.82, 2.24) is 9.88 Å². The van der Waals surface area contributed by atoms with Crippen LogP contribution < -0.4 is 4.90 Å². The summed E-state index contributed by atoms with van der Waals surface area (Å²) in [6.07, 6.45) is 2.78. The highest BCUT2D eigenvalue weighted by Crippen LogP contribution is 2.29. The number of carbonyl (C=O) groups is 2. The minimum absolute atomic E-state index is 0.0131. The molecule has 3 rings (SSSR count). The Hall–Kier alpha value is -2.41. The summed E-state index contributed by atoms with van der Waals surface area (Å²) in [4.78, 5) is 34.0. The molecular formula is C25H35N3O3S. The average molecular weight is 458 g/mol. The number of hydrogen-bond donors (Lipinski definition) is 0. The first-order valence-electron chi connectivity index (χ1n) is 11.4. The minimum atomic E-state index is -0.462. The lowest BCUT2D eigenvalue weighted by atomic mass is 9.93. The van der Waals surface area contributed by atoms with Gasteiger partial charge >= 0.3 is 6.09 Å². The Morgan fingerprint density at radius 2 is 1.84 bits per heavy atom. The molecule has 1 aliphatic heterocycles. The molecule has 6 nitrogen and oxygen atoms in total. The molecule has 0 saturated carbocycles. The topological polar surface area (TPSA) is 62.7 Å². The van der Waals surface area contributed by atoms with Gasteiger partial charge in [-0.15, -0.1) is 11.3 Å². The maximum absolute atomic E-state index is 12.3. The number of thiazole rings is 1. The second-order valence-corrected chi connectivity index (χ2v) is 10.7. The monoisotopic (exact) mass is 457 g/mol. The van der Waals surface area contributed by atoms with Gasteiger partial charge in [-0.05, 0) is 58.4 Å². The van der Waals surface area contributed by atoms with E-state index in [1.54, 1.807) is 18.3 Å². The van der Waals surface area contributed by atoms with Gasteiger partial charge in [0.05, 0.1) is 0 Å². The number of hydrogen-bond acceptors (Lipinski definition) is 6. The van der Waals surface area contributed by atoms with Crippen LogP contribution in [0.2, 0.25) is 0 Å².